The Morgan fingerprint density at radius 1 is 1.28 bits per heavy atom. The van der Waals surface area contributed by atoms with Crippen molar-refractivity contribution in [2.45, 2.75) is 48.7 Å². The lowest BCUT2D eigenvalue weighted by atomic mass is 9.93. The number of aliphatic hydroxyl groups is 3. The summed E-state index contributed by atoms with van der Waals surface area (Å²) in [7, 11) is 3.26. The molecular formula is C17H24N2O5S. The minimum atomic E-state index is -1.01. The number of amidine groups is 1. The van der Waals surface area contributed by atoms with Crippen LogP contribution in [0.5, 0.6) is 5.75 Å². The Morgan fingerprint density at radius 2 is 2.00 bits per heavy atom. The normalized spacial score (nSPS) is 34.4. The molecular weight excluding hydrogens is 344 g/mol. The summed E-state index contributed by atoms with van der Waals surface area (Å²) in [5.41, 5.74) is 0.488. The number of nitrogens with one attached hydrogen (secondary N) is 1. The molecule has 25 heavy (non-hydrogen) atoms. The zero-order valence-electron chi connectivity index (χ0n) is 14.2. The second-order valence-electron chi connectivity index (χ2n) is 6.21. The number of aliphatic imine (C=N–C) groups is 1. The average molecular weight is 368 g/mol. The summed E-state index contributed by atoms with van der Waals surface area (Å²) in [5, 5.41) is 34.8. The van der Waals surface area contributed by atoms with E-state index in [1.807, 2.05) is 12.1 Å². The summed E-state index contributed by atoms with van der Waals surface area (Å²) in [6, 6.07) is 6.85. The highest BCUT2D eigenvalue weighted by molar-refractivity contribution is 8.14. The number of nitrogens with zero attached hydrogens (tertiary/aromatic N) is 1. The second kappa shape index (κ2) is 7.92. The van der Waals surface area contributed by atoms with Crippen LogP contribution in [0.4, 0.5) is 0 Å². The Morgan fingerprint density at radius 3 is 2.64 bits per heavy atom. The first kappa shape index (κ1) is 18.5. The molecule has 0 spiro atoms. The highest BCUT2D eigenvalue weighted by Gasteiger charge is 2.48. The molecule has 0 unspecified atom stereocenters. The molecule has 0 aromatic heterocycles. The van der Waals surface area contributed by atoms with Crippen molar-refractivity contribution >= 4 is 16.9 Å². The molecule has 2 heterocycles. The summed E-state index contributed by atoms with van der Waals surface area (Å²) < 4.78 is 11.0. The maximum absolute atomic E-state index is 10.4. The zero-order valence-corrected chi connectivity index (χ0v) is 15.0. The largest absolute Gasteiger partial charge is 0.497 e. The fourth-order valence-electron chi connectivity index (χ4n) is 3.14. The third-order valence-electron chi connectivity index (χ3n) is 4.65. The number of benzene rings is 1. The smallest absolute Gasteiger partial charge is 0.159 e. The topological polar surface area (TPSA) is 104 Å². The van der Waals surface area contributed by atoms with Crippen molar-refractivity contribution in [2.75, 3.05) is 14.2 Å². The van der Waals surface area contributed by atoms with Crippen molar-refractivity contribution in [3.63, 3.8) is 0 Å². The molecule has 0 aliphatic carbocycles. The Kier molecular flexibility index (Phi) is 5.85. The van der Waals surface area contributed by atoms with Crippen LogP contribution in [0.15, 0.2) is 29.3 Å². The molecule has 2 aliphatic heterocycles. The van der Waals surface area contributed by atoms with E-state index in [1.54, 1.807) is 26.3 Å². The molecule has 1 aromatic carbocycles. The van der Waals surface area contributed by atoms with E-state index in [1.165, 1.54) is 11.8 Å². The molecule has 6 atom stereocenters. The van der Waals surface area contributed by atoms with Crippen LogP contribution in [-0.2, 0) is 4.74 Å². The molecule has 4 N–H and O–H groups in total. The van der Waals surface area contributed by atoms with Crippen LogP contribution in [0.2, 0.25) is 0 Å². The Hall–Kier alpha value is -1.32. The number of hydrogen-bond donors (Lipinski definition) is 4. The van der Waals surface area contributed by atoms with Gasteiger partial charge in [-0.1, -0.05) is 23.9 Å². The van der Waals surface area contributed by atoms with Gasteiger partial charge in [0.05, 0.1) is 25.4 Å². The monoisotopic (exact) mass is 368 g/mol. The van der Waals surface area contributed by atoms with Gasteiger partial charge in [0.25, 0.3) is 0 Å². The van der Waals surface area contributed by atoms with Gasteiger partial charge in [0.2, 0.25) is 0 Å². The number of aliphatic hydroxyl groups excluding tert-OH is 3. The van der Waals surface area contributed by atoms with Crippen molar-refractivity contribution < 1.29 is 24.8 Å². The molecule has 0 radical (unpaired) electrons. The summed E-state index contributed by atoms with van der Waals surface area (Å²) in [6.07, 6.45) is -2.28. The highest BCUT2D eigenvalue weighted by Crippen LogP contribution is 2.36. The summed E-state index contributed by atoms with van der Waals surface area (Å²) in [4.78, 5) is 4.07. The second-order valence-corrected chi connectivity index (χ2v) is 7.29. The zero-order chi connectivity index (χ0) is 18.0. The minimum Gasteiger partial charge on any atom is -0.497 e. The SMILES string of the molecule is CN=C1N[C@@H]2[C@@H](O)[C@H](O)[C@@H](CC[C@H](O)c3ccc(OC)cc3)O[C@@H]2S1. The predicted octanol–water partition coefficient (Wildman–Crippen LogP) is 0.646. The van der Waals surface area contributed by atoms with Crippen LogP contribution < -0.4 is 10.1 Å². The Bertz CT molecular complexity index is 612. The van der Waals surface area contributed by atoms with Gasteiger partial charge in [0.1, 0.15) is 23.4 Å². The maximum atomic E-state index is 10.4. The van der Waals surface area contributed by atoms with Crippen LogP contribution in [0.3, 0.4) is 0 Å². The quantitative estimate of drug-likeness (QED) is 0.605. The molecule has 7 nitrogen and oxygen atoms in total. The van der Waals surface area contributed by atoms with Crippen molar-refractivity contribution in [1.82, 2.24) is 5.32 Å². The number of fused-ring (bicyclic) bond motifs is 1. The molecule has 0 amide bonds. The number of hydrogen-bond acceptors (Lipinski definition) is 7. The fraction of sp³-hybridized carbons (Fsp3) is 0.588. The first-order valence-corrected chi connectivity index (χ1v) is 9.15. The van der Waals surface area contributed by atoms with Gasteiger partial charge in [-0.05, 0) is 30.5 Å². The van der Waals surface area contributed by atoms with Crippen molar-refractivity contribution in [2.24, 2.45) is 4.99 Å². The lowest BCUT2D eigenvalue weighted by Gasteiger charge is -2.39. The lowest BCUT2D eigenvalue weighted by Crippen LogP contribution is -2.58. The molecule has 2 saturated heterocycles. The van der Waals surface area contributed by atoms with Crippen LogP contribution >= 0.6 is 11.8 Å². The van der Waals surface area contributed by atoms with E-state index in [9.17, 15) is 15.3 Å². The average Bonchev–Trinajstić information content (AvgIpc) is 3.06. The maximum Gasteiger partial charge on any atom is 0.159 e. The van der Waals surface area contributed by atoms with Gasteiger partial charge >= 0.3 is 0 Å². The third-order valence-corrected chi connectivity index (χ3v) is 5.81. The van der Waals surface area contributed by atoms with Crippen molar-refractivity contribution in [3.05, 3.63) is 29.8 Å². The standard InChI is InChI=1S/C17H24N2O5S/c1-18-17-19-13-15(22)14(21)12(24-16(13)25-17)8-7-11(20)9-3-5-10(23-2)6-4-9/h3-6,11-16,20-22H,7-8H2,1-2H3,(H,18,19)/t11-,12+,13+,14+,15+,16+/m0/s1. The Balaban J connectivity index is 1.58. The van der Waals surface area contributed by atoms with Crippen molar-refractivity contribution in [3.8, 4) is 5.75 Å². The van der Waals surface area contributed by atoms with E-state index in [-0.39, 0.29) is 11.5 Å². The van der Waals surface area contributed by atoms with E-state index in [4.69, 9.17) is 9.47 Å². The molecule has 138 valence electrons. The number of rotatable bonds is 5. The molecule has 2 aliphatic rings. The number of methoxy groups -OCH3 is 1. The van der Waals surface area contributed by atoms with Gasteiger partial charge in [0, 0.05) is 7.05 Å². The van der Waals surface area contributed by atoms with Crippen LogP contribution in [0.25, 0.3) is 0 Å². The van der Waals surface area contributed by atoms with Gasteiger partial charge in [-0.2, -0.15) is 0 Å². The van der Waals surface area contributed by atoms with Crippen LogP contribution in [0, 0.1) is 0 Å². The van der Waals surface area contributed by atoms with Crippen molar-refractivity contribution in [1.29, 1.82) is 0 Å². The van der Waals surface area contributed by atoms with Gasteiger partial charge in [-0.25, -0.2) is 0 Å². The van der Waals surface area contributed by atoms with Crippen LogP contribution in [0.1, 0.15) is 24.5 Å². The van der Waals surface area contributed by atoms with Gasteiger partial charge in [-0.15, -0.1) is 0 Å². The van der Waals surface area contributed by atoms with Gasteiger partial charge < -0.3 is 30.1 Å². The lowest BCUT2D eigenvalue weighted by molar-refractivity contribution is -0.159. The number of thioether (sulfide) groups is 1. The molecule has 1 aromatic rings. The molecule has 3 rings (SSSR count). The third kappa shape index (κ3) is 3.93. The summed E-state index contributed by atoms with van der Waals surface area (Å²) in [6.45, 7) is 0. The first-order valence-electron chi connectivity index (χ1n) is 8.27. The molecule has 2 fully saturated rings. The van der Waals surface area contributed by atoms with E-state index in [2.05, 4.69) is 10.3 Å². The fourth-order valence-corrected chi connectivity index (χ4v) is 4.25. The van der Waals surface area contributed by atoms with E-state index in [0.717, 1.165) is 11.3 Å². The van der Waals surface area contributed by atoms with Crippen LogP contribution in [-0.4, -0.2) is 64.4 Å². The Labute approximate surface area is 151 Å². The summed E-state index contributed by atoms with van der Waals surface area (Å²) >= 11 is 1.41. The van der Waals surface area contributed by atoms with E-state index in [0.29, 0.717) is 18.0 Å². The molecule has 0 bridgehead atoms. The molecule has 0 saturated carbocycles. The summed E-state index contributed by atoms with van der Waals surface area (Å²) in [5.74, 6) is 0.732. The first-order chi connectivity index (χ1) is 12.0. The predicted molar refractivity (Wildman–Crippen MR) is 95.7 cm³/mol. The van der Waals surface area contributed by atoms with Gasteiger partial charge in [0.15, 0.2) is 5.17 Å². The van der Waals surface area contributed by atoms with E-state index < -0.39 is 24.4 Å². The minimum absolute atomic E-state index is 0.291. The number of ether oxygens (including phenoxy) is 2. The molecule has 8 heteroatoms. The highest BCUT2D eigenvalue weighted by atomic mass is 32.2. The van der Waals surface area contributed by atoms with E-state index >= 15 is 0 Å². The van der Waals surface area contributed by atoms with Gasteiger partial charge in [-0.3, -0.25) is 4.99 Å².